The number of nitrogens with one attached hydrogen (secondary N) is 1. The Balaban J connectivity index is 1.40. The van der Waals surface area contributed by atoms with Crippen LogP contribution in [0.3, 0.4) is 0 Å². The second-order valence-electron chi connectivity index (χ2n) is 6.59. The van der Waals surface area contributed by atoms with Crippen LogP contribution in [-0.4, -0.2) is 61.5 Å². The van der Waals surface area contributed by atoms with Gasteiger partial charge >= 0.3 is 0 Å². The first kappa shape index (κ1) is 13.8. The molecule has 19 heavy (non-hydrogen) atoms. The van der Waals surface area contributed by atoms with Gasteiger partial charge in [0.05, 0.1) is 24.9 Å². The third-order valence-electron chi connectivity index (χ3n) is 4.58. The summed E-state index contributed by atoms with van der Waals surface area (Å²) in [5.74, 6) is 0. The molecular formula is C15H28N2O2. The van der Waals surface area contributed by atoms with E-state index < -0.39 is 0 Å². The monoisotopic (exact) mass is 268 g/mol. The maximum absolute atomic E-state index is 6.18. The number of hydrogen-bond acceptors (Lipinski definition) is 4. The van der Waals surface area contributed by atoms with E-state index >= 15 is 0 Å². The Kier molecular flexibility index (Phi) is 4.42. The lowest BCUT2D eigenvalue weighted by atomic mass is 10.1. The largest absolute Gasteiger partial charge is 0.376 e. The highest BCUT2D eigenvalue weighted by Crippen LogP contribution is 2.24. The Morgan fingerprint density at radius 1 is 1.11 bits per heavy atom. The minimum absolute atomic E-state index is 0.366. The van der Waals surface area contributed by atoms with Crippen molar-refractivity contribution >= 4 is 0 Å². The molecule has 2 heterocycles. The highest BCUT2D eigenvalue weighted by molar-refractivity contribution is 4.86. The van der Waals surface area contributed by atoms with Crippen LogP contribution in [0.4, 0.5) is 0 Å². The van der Waals surface area contributed by atoms with E-state index in [0.717, 1.165) is 32.3 Å². The van der Waals surface area contributed by atoms with Gasteiger partial charge in [0.25, 0.3) is 0 Å². The predicted molar refractivity (Wildman–Crippen MR) is 75.4 cm³/mol. The van der Waals surface area contributed by atoms with Crippen LogP contribution in [0.2, 0.25) is 0 Å². The van der Waals surface area contributed by atoms with Gasteiger partial charge in [0.15, 0.2) is 0 Å². The second-order valence-corrected chi connectivity index (χ2v) is 6.59. The van der Waals surface area contributed by atoms with E-state index in [4.69, 9.17) is 9.47 Å². The van der Waals surface area contributed by atoms with Crippen LogP contribution >= 0.6 is 0 Å². The van der Waals surface area contributed by atoms with Crippen LogP contribution < -0.4 is 5.32 Å². The van der Waals surface area contributed by atoms with Gasteiger partial charge in [0.2, 0.25) is 0 Å². The summed E-state index contributed by atoms with van der Waals surface area (Å²) in [6, 6.07) is 1.33. The van der Waals surface area contributed by atoms with Gasteiger partial charge in [0.1, 0.15) is 0 Å². The van der Waals surface area contributed by atoms with Crippen LogP contribution in [-0.2, 0) is 9.47 Å². The minimum atomic E-state index is 0.366. The average molecular weight is 268 g/mol. The SMILES string of the molecule is CC1CN(CC2CCC(CNC3CC3)O2)C(C)CO1. The fourth-order valence-corrected chi connectivity index (χ4v) is 3.14. The van der Waals surface area contributed by atoms with E-state index in [2.05, 4.69) is 24.1 Å². The van der Waals surface area contributed by atoms with Gasteiger partial charge in [-0.3, -0.25) is 4.90 Å². The van der Waals surface area contributed by atoms with Gasteiger partial charge in [-0.25, -0.2) is 0 Å². The molecule has 110 valence electrons. The lowest BCUT2D eigenvalue weighted by Crippen LogP contribution is -2.50. The Morgan fingerprint density at radius 2 is 1.89 bits per heavy atom. The Bertz CT molecular complexity index is 296. The van der Waals surface area contributed by atoms with Crippen LogP contribution in [0.25, 0.3) is 0 Å². The van der Waals surface area contributed by atoms with E-state index in [9.17, 15) is 0 Å². The van der Waals surface area contributed by atoms with E-state index in [1.807, 2.05) is 0 Å². The fraction of sp³-hybridized carbons (Fsp3) is 1.00. The van der Waals surface area contributed by atoms with Crippen molar-refractivity contribution in [2.45, 2.75) is 69.9 Å². The van der Waals surface area contributed by atoms with Crippen molar-refractivity contribution in [1.29, 1.82) is 0 Å². The summed E-state index contributed by atoms with van der Waals surface area (Å²) in [7, 11) is 0. The quantitative estimate of drug-likeness (QED) is 0.817. The minimum Gasteiger partial charge on any atom is -0.376 e. The lowest BCUT2D eigenvalue weighted by molar-refractivity contribution is -0.0690. The van der Waals surface area contributed by atoms with Gasteiger partial charge in [0, 0.05) is 31.7 Å². The molecule has 2 aliphatic heterocycles. The first-order valence-electron chi connectivity index (χ1n) is 7.95. The summed E-state index contributed by atoms with van der Waals surface area (Å²) in [5, 5.41) is 3.58. The zero-order chi connectivity index (χ0) is 13.2. The molecule has 1 N–H and O–H groups in total. The van der Waals surface area contributed by atoms with Crippen molar-refractivity contribution in [3.63, 3.8) is 0 Å². The Labute approximate surface area is 116 Å². The third-order valence-corrected chi connectivity index (χ3v) is 4.58. The van der Waals surface area contributed by atoms with Crippen molar-refractivity contribution in [3.05, 3.63) is 0 Å². The zero-order valence-electron chi connectivity index (χ0n) is 12.3. The van der Waals surface area contributed by atoms with Gasteiger partial charge < -0.3 is 14.8 Å². The van der Waals surface area contributed by atoms with Crippen LogP contribution in [0.1, 0.15) is 39.5 Å². The molecule has 0 aromatic carbocycles. The van der Waals surface area contributed by atoms with Crippen molar-refractivity contribution in [3.8, 4) is 0 Å². The fourth-order valence-electron chi connectivity index (χ4n) is 3.14. The van der Waals surface area contributed by atoms with E-state index in [1.54, 1.807) is 0 Å². The molecule has 0 amide bonds. The van der Waals surface area contributed by atoms with E-state index in [1.165, 1.54) is 25.7 Å². The highest BCUT2D eigenvalue weighted by atomic mass is 16.5. The smallest absolute Gasteiger partial charge is 0.0707 e. The molecule has 2 saturated heterocycles. The molecule has 0 radical (unpaired) electrons. The Hall–Kier alpha value is -0.160. The average Bonchev–Trinajstić information content (AvgIpc) is 3.12. The number of ether oxygens (including phenoxy) is 2. The molecule has 4 nitrogen and oxygen atoms in total. The topological polar surface area (TPSA) is 33.7 Å². The summed E-state index contributed by atoms with van der Waals surface area (Å²) in [5.41, 5.74) is 0. The van der Waals surface area contributed by atoms with Crippen molar-refractivity contribution in [1.82, 2.24) is 10.2 Å². The maximum Gasteiger partial charge on any atom is 0.0707 e. The molecule has 0 aromatic rings. The van der Waals surface area contributed by atoms with Gasteiger partial charge in [-0.1, -0.05) is 0 Å². The molecular weight excluding hydrogens is 240 g/mol. The first-order chi connectivity index (χ1) is 9.20. The number of morpholine rings is 1. The van der Waals surface area contributed by atoms with Crippen LogP contribution in [0.15, 0.2) is 0 Å². The number of nitrogens with zero attached hydrogens (tertiary/aromatic N) is 1. The van der Waals surface area contributed by atoms with Crippen molar-refractivity contribution in [2.24, 2.45) is 0 Å². The molecule has 0 bridgehead atoms. The first-order valence-corrected chi connectivity index (χ1v) is 7.95. The third kappa shape index (κ3) is 3.91. The zero-order valence-corrected chi connectivity index (χ0v) is 12.3. The standard InChI is InChI=1S/C15H28N2O2/c1-11-10-18-12(2)8-17(11)9-15-6-5-14(19-15)7-16-13-3-4-13/h11-16H,3-10H2,1-2H3. The molecule has 4 heteroatoms. The summed E-state index contributed by atoms with van der Waals surface area (Å²) in [6.07, 6.45) is 6.40. The predicted octanol–water partition coefficient (Wildman–Crippen LogP) is 1.40. The summed E-state index contributed by atoms with van der Waals surface area (Å²) in [4.78, 5) is 2.54. The second kappa shape index (κ2) is 6.08. The highest BCUT2D eigenvalue weighted by Gasteiger charge is 2.31. The molecule has 4 atom stereocenters. The normalized spacial score (nSPS) is 40.7. The van der Waals surface area contributed by atoms with Crippen LogP contribution in [0, 0.1) is 0 Å². The van der Waals surface area contributed by atoms with Gasteiger partial charge in [-0.05, 0) is 39.5 Å². The molecule has 1 aliphatic carbocycles. The van der Waals surface area contributed by atoms with Gasteiger partial charge in [-0.2, -0.15) is 0 Å². The number of hydrogen-bond donors (Lipinski definition) is 1. The molecule has 0 aromatic heterocycles. The van der Waals surface area contributed by atoms with Crippen molar-refractivity contribution < 1.29 is 9.47 Å². The molecule has 4 unspecified atom stereocenters. The number of rotatable bonds is 5. The molecule has 3 fully saturated rings. The van der Waals surface area contributed by atoms with Crippen LogP contribution in [0.5, 0.6) is 0 Å². The summed E-state index contributed by atoms with van der Waals surface area (Å²) >= 11 is 0. The summed E-state index contributed by atoms with van der Waals surface area (Å²) in [6.45, 7) is 8.46. The molecule has 3 rings (SSSR count). The van der Waals surface area contributed by atoms with E-state index in [-0.39, 0.29) is 0 Å². The maximum atomic E-state index is 6.18. The van der Waals surface area contributed by atoms with Gasteiger partial charge in [-0.15, -0.1) is 0 Å². The molecule has 1 saturated carbocycles. The van der Waals surface area contributed by atoms with E-state index in [0.29, 0.717) is 24.4 Å². The lowest BCUT2D eigenvalue weighted by Gasteiger charge is -2.38. The van der Waals surface area contributed by atoms with Crippen molar-refractivity contribution in [2.75, 3.05) is 26.2 Å². The molecule has 0 spiro atoms. The molecule has 3 aliphatic rings. The summed E-state index contributed by atoms with van der Waals surface area (Å²) < 4.78 is 11.9. The Morgan fingerprint density at radius 3 is 2.68 bits per heavy atom.